The van der Waals surface area contributed by atoms with Crippen molar-refractivity contribution in [2.75, 3.05) is 6.61 Å². The number of hydrogen-bond acceptors (Lipinski definition) is 3. The van der Waals surface area contributed by atoms with Crippen molar-refractivity contribution in [1.29, 1.82) is 0 Å². The lowest BCUT2D eigenvalue weighted by atomic mass is 9.60. The maximum Gasteiger partial charge on any atom is 0.0813 e. The molecule has 0 spiro atoms. The fourth-order valence-corrected chi connectivity index (χ4v) is 3.60. The van der Waals surface area contributed by atoms with Crippen LogP contribution in [0.1, 0.15) is 108 Å². The van der Waals surface area contributed by atoms with Gasteiger partial charge in [0.2, 0.25) is 0 Å². The second-order valence-corrected chi connectivity index (χ2v) is 10.5. The lowest BCUT2D eigenvalue weighted by molar-refractivity contribution is -0.136. The smallest absolute Gasteiger partial charge is 0.0813 e. The van der Waals surface area contributed by atoms with E-state index in [0.29, 0.717) is 18.9 Å². The zero-order valence-corrected chi connectivity index (χ0v) is 19.9. The van der Waals surface area contributed by atoms with Crippen LogP contribution >= 0.6 is 0 Å². The van der Waals surface area contributed by atoms with E-state index in [1.807, 2.05) is 27.7 Å². The maximum absolute atomic E-state index is 10.0. The van der Waals surface area contributed by atoms with Gasteiger partial charge in [-0.3, -0.25) is 0 Å². The molecule has 0 amide bonds. The number of hydrogen-bond donors (Lipinski definition) is 1. The van der Waals surface area contributed by atoms with Crippen molar-refractivity contribution in [2.24, 2.45) is 5.92 Å². The van der Waals surface area contributed by atoms with E-state index >= 15 is 0 Å². The molecule has 1 N–H and O–H groups in total. The van der Waals surface area contributed by atoms with E-state index in [9.17, 15) is 5.11 Å². The van der Waals surface area contributed by atoms with Crippen molar-refractivity contribution in [1.82, 2.24) is 0 Å². The van der Waals surface area contributed by atoms with Crippen molar-refractivity contribution in [3.63, 3.8) is 0 Å². The van der Waals surface area contributed by atoms with Gasteiger partial charge in [0.05, 0.1) is 30.8 Å². The largest absolute Gasteiger partial charge is 0.390 e. The SMILES string of the molecule is [B]C(C)(COC(C)(C)CC(CC)CCCC)C(C)(C)OC(C)CC(C)(C)O. The highest BCUT2D eigenvalue weighted by Crippen LogP contribution is 2.41. The fourth-order valence-electron chi connectivity index (χ4n) is 3.60. The molecule has 0 aliphatic heterocycles. The molecule has 3 nitrogen and oxygen atoms in total. The average molecular weight is 382 g/mol. The van der Waals surface area contributed by atoms with Crippen molar-refractivity contribution in [2.45, 2.75) is 136 Å². The first-order valence-electron chi connectivity index (χ1n) is 10.9. The minimum atomic E-state index is -0.757. The zero-order chi connectivity index (χ0) is 21.5. The summed E-state index contributed by atoms with van der Waals surface area (Å²) in [7, 11) is 6.64. The second kappa shape index (κ2) is 10.6. The summed E-state index contributed by atoms with van der Waals surface area (Å²) in [5.74, 6) is 0.694. The van der Waals surface area contributed by atoms with Gasteiger partial charge >= 0.3 is 0 Å². The first-order chi connectivity index (χ1) is 12.1. The Morgan fingerprint density at radius 1 is 0.963 bits per heavy atom. The molecule has 0 aliphatic rings. The fraction of sp³-hybridized carbons (Fsp3) is 1.00. The van der Waals surface area contributed by atoms with Crippen LogP contribution in [0, 0.1) is 5.92 Å². The molecule has 0 aromatic carbocycles. The third kappa shape index (κ3) is 10.9. The van der Waals surface area contributed by atoms with Crippen LogP contribution in [-0.2, 0) is 9.47 Å². The Morgan fingerprint density at radius 2 is 1.52 bits per heavy atom. The Hall–Kier alpha value is -0.0551. The molecule has 2 radical (unpaired) electrons. The minimum Gasteiger partial charge on any atom is -0.390 e. The van der Waals surface area contributed by atoms with Gasteiger partial charge in [-0.2, -0.15) is 0 Å². The van der Waals surface area contributed by atoms with E-state index in [1.54, 1.807) is 13.8 Å². The standard InChI is InChI=1S/C23H47BO3/c1-11-13-14-19(12-2)16-21(6,7)26-17-23(10,24)22(8,9)27-18(3)15-20(4,5)25/h18-19,25H,11-17H2,1-10H3. The highest BCUT2D eigenvalue weighted by molar-refractivity contribution is 6.16. The summed E-state index contributed by atoms with van der Waals surface area (Å²) in [6.07, 6.45) is 6.51. The quantitative estimate of drug-likeness (QED) is 0.370. The van der Waals surface area contributed by atoms with Crippen LogP contribution in [0.5, 0.6) is 0 Å². The molecule has 160 valence electrons. The Kier molecular flexibility index (Phi) is 10.6. The van der Waals surface area contributed by atoms with Gasteiger partial charge in [-0.05, 0) is 66.1 Å². The minimum absolute atomic E-state index is 0.0885. The first kappa shape index (κ1) is 26.9. The molecule has 0 bridgehead atoms. The highest BCUT2D eigenvalue weighted by Gasteiger charge is 2.40. The molecular weight excluding hydrogens is 335 g/mol. The summed E-state index contributed by atoms with van der Waals surface area (Å²) in [6.45, 7) is 20.9. The molecule has 0 aromatic heterocycles. The summed E-state index contributed by atoms with van der Waals surface area (Å²) < 4.78 is 12.6. The van der Waals surface area contributed by atoms with Crippen molar-refractivity contribution in [3.8, 4) is 0 Å². The van der Waals surface area contributed by atoms with E-state index in [4.69, 9.17) is 17.3 Å². The molecule has 4 heteroatoms. The van der Waals surface area contributed by atoms with Crippen molar-refractivity contribution >= 4 is 7.85 Å². The lowest BCUT2D eigenvalue weighted by Gasteiger charge is -2.45. The van der Waals surface area contributed by atoms with E-state index in [2.05, 4.69) is 27.7 Å². The molecule has 3 unspecified atom stereocenters. The van der Waals surface area contributed by atoms with E-state index in [0.717, 1.165) is 6.42 Å². The molecule has 0 saturated heterocycles. The van der Waals surface area contributed by atoms with Crippen LogP contribution in [0.3, 0.4) is 0 Å². The molecule has 0 aliphatic carbocycles. The molecule has 27 heavy (non-hydrogen) atoms. The van der Waals surface area contributed by atoms with Gasteiger partial charge in [0, 0.05) is 13.0 Å². The predicted molar refractivity (Wildman–Crippen MR) is 118 cm³/mol. The molecule has 0 fully saturated rings. The van der Waals surface area contributed by atoms with Gasteiger partial charge in [-0.15, -0.1) is 0 Å². The van der Waals surface area contributed by atoms with Crippen LogP contribution in [0.15, 0.2) is 0 Å². The van der Waals surface area contributed by atoms with Crippen molar-refractivity contribution in [3.05, 3.63) is 0 Å². The van der Waals surface area contributed by atoms with Gasteiger partial charge < -0.3 is 14.6 Å². The zero-order valence-electron chi connectivity index (χ0n) is 19.9. The molecule has 3 atom stereocenters. The Labute approximate surface area is 171 Å². The van der Waals surface area contributed by atoms with Crippen LogP contribution in [0.4, 0.5) is 0 Å². The van der Waals surface area contributed by atoms with Crippen LogP contribution < -0.4 is 0 Å². The molecule has 0 heterocycles. The molecule has 0 saturated carbocycles. The van der Waals surface area contributed by atoms with Gasteiger partial charge in [0.1, 0.15) is 0 Å². The van der Waals surface area contributed by atoms with Gasteiger partial charge in [-0.25, -0.2) is 0 Å². The topological polar surface area (TPSA) is 38.7 Å². The lowest BCUT2D eigenvalue weighted by Crippen LogP contribution is -2.46. The molecule has 0 aromatic rings. The number of ether oxygens (including phenoxy) is 2. The Bertz CT molecular complexity index is 410. The average Bonchev–Trinajstić information content (AvgIpc) is 2.46. The third-order valence-corrected chi connectivity index (χ3v) is 5.74. The summed E-state index contributed by atoms with van der Waals surface area (Å²) in [4.78, 5) is 0. The summed E-state index contributed by atoms with van der Waals surface area (Å²) >= 11 is 0. The first-order valence-corrected chi connectivity index (χ1v) is 10.9. The normalized spacial score (nSPS) is 18.2. The number of unbranched alkanes of at least 4 members (excludes halogenated alkanes) is 1. The van der Waals surface area contributed by atoms with Crippen LogP contribution in [-0.4, -0.2) is 42.5 Å². The van der Waals surface area contributed by atoms with Crippen LogP contribution in [0.2, 0.25) is 5.31 Å². The monoisotopic (exact) mass is 382 g/mol. The third-order valence-electron chi connectivity index (χ3n) is 5.74. The highest BCUT2D eigenvalue weighted by atomic mass is 16.5. The van der Waals surface area contributed by atoms with E-state index < -0.39 is 16.5 Å². The number of rotatable bonds is 14. The summed E-state index contributed by atoms with van der Waals surface area (Å²) in [5, 5.41) is 9.39. The number of aliphatic hydroxyl groups is 1. The van der Waals surface area contributed by atoms with Gasteiger partial charge in [0.15, 0.2) is 0 Å². The van der Waals surface area contributed by atoms with Gasteiger partial charge in [0.25, 0.3) is 0 Å². The van der Waals surface area contributed by atoms with Gasteiger partial charge in [-0.1, -0.05) is 46.5 Å². The van der Waals surface area contributed by atoms with Crippen LogP contribution in [0.25, 0.3) is 0 Å². The second-order valence-electron chi connectivity index (χ2n) is 10.5. The van der Waals surface area contributed by atoms with E-state index in [1.165, 1.54) is 25.7 Å². The summed E-state index contributed by atoms with van der Waals surface area (Å²) in [5.41, 5.74) is -1.53. The van der Waals surface area contributed by atoms with E-state index in [-0.39, 0.29) is 11.7 Å². The Balaban J connectivity index is 4.81. The Morgan fingerprint density at radius 3 is 1.96 bits per heavy atom. The predicted octanol–water partition coefficient (Wildman–Crippen LogP) is 6.08. The summed E-state index contributed by atoms with van der Waals surface area (Å²) in [6, 6.07) is 0. The van der Waals surface area contributed by atoms with Crippen molar-refractivity contribution < 1.29 is 14.6 Å². The molecule has 0 rings (SSSR count). The molecular formula is C23H47BO3. The maximum atomic E-state index is 10.0.